The Hall–Kier alpha value is -3.01. The van der Waals surface area contributed by atoms with Crippen molar-refractivity contribution >= 4 is 66.4 Å². The normalized spacial score (nSPS) is 10.6. The van der Waals surface area contributed by atoms with E-state index in [1.165, 1.54) is 11.3 Å². The maximum Gasteiger partial charge on any atom is 0.258 e. The van der Waals surface area contributed by atoms with E-state index >= 15 is 0 Å². The second-order valence-electron chi connectivity index (χ2n) is 6.66. The van der Waals surface area contributed by atoms with Crippen LogP contribution in [0, 0.1) is 0 Å². The summed E-state index contributed by atoms with van der Waals surface area (Å²) in [5.41, 5.74) is 2.17. The molecule has 9 heteroatoms. The van der Waals surface area contributed by atoms with E-state index in [1.807, 2.05) is 53.9 Å². The minimum atomic E-state index is -0.289. The molecule has 3 aromatic carbocycles. The van der Waals surface area contributed by atoms with Crippen molar-refractivity contribution in [3.8, 4) is 22.8 Å². The van der Waals surface area contributed by atoms with Crippen LogP contribution in [0.3, 0.4) is 0 Å². The first-order chi connectivity index (χ1) is 15.5. The number of aromatic nitrogens is 1. The largest absolute Gasteiger partial charge is 0.493 e. The van der Waals surface area contributed by atoms with Crippen molar-refractivity contribution in [2.45, 2.75) is 0 Å². The molecule has 1 amide bonds. The molecule has 0 fully saturated rings. The van der Waals surface area contributed by atoms with Crippen molar-refractivity contribution in [3.05, 3.63) is 70.0 Å². The zero-order valence-electron chi connectivity index (χ0n) is 17.1. The fourth-order valence-corrected chi connectivity index (χ4v) is 4.70. The third kappa shape index (κ3) is 4.59. The summed E-state index contributed by atoms with van der Waals surface area (Å²) in [5, 5.41) is 10.2. The van der Waals surface area contributed by atoms with E-state index in [4.69, 9.17) is 21.7 Å². The monoisotopic (exact) mass is 527 g/mol. The second kappa shape index (κ2) is 9.64. The van der Waals surface area contributed by atoms with Gasteiger partial charge in [-0.3, -0.25) is 10.1 Å². The quantitative estimate of drug-likeness (QED) is 0.316. The Bertz CT molecular complexity index is 1320. The van der Waals surface area contributed by atoms with Crippen LogP contribution in [0.1, 0.15) is 10.4 Å². The van der Waals surface area contributed by atoms with Gasteiger partial charge in [0.15, 0.2) is 21.7 Å². The Morgan fingerprint density at radius 3 is 2.56 bits per heavy atom. The van der Waals surface area contributed by atoms with Crippen LogP contribution in [0.25, 0.3) is 22.0 Å². The lowest BCUT2D eigenvalue weighted by Gasteiger charge is -2.10. The number of rotatable bonds is 5. The molecule has 0 aliphatic heterocycles. The van der Waals surface area contributed by atoms with Crippen LogP contribution < -0.4 is 20.1 Å². The molecule has 4 aromatic rings. The molecule has 1 aromatic heterocycles. The Labute approximate surface area is 202 Å². The van der Waals surface area contributed by atoms with Crippen LogP contribution in [-0.4, -0.2) is 30.2 Å². The first kappa shape index (κ1) is 22.2. The molecule has 4 rings (SSSR count). The number of nitrogens with one attached hydrogen (secondary N) is 2. The van der Waals surface area contributed by atoms with Crippen LogP contribution in [0.4, 0.5) is 5.13 Å². The lowest BCUT2D eigenvalue weighted by Crippen LogP contribution is -2.34. The Kier molecular flexibility index (Phi) is 6.69. The van der Waals surface area contributed by atoms with Crippen LogP contribution in [-0.2, 0) is 0 Å². The van der Waals surface area contributed by atoms with Crippen molar-refractivity contribution in [1.82, 2.24) is 10.3 Å². The van der Waals surface area contributed by atoms with Gasteiger partial charge in [-0.1, -0.05) is 40.2 Å². The smallest absolute Gasteiger partial charge is 0.258 e. The highest BCUT2D eigenvalue weighted by Crippen LogP contribution is 2.33. The standard InChI is InChI=1S/C23H18BrN3O3S2/c1-29-19-10-9-13(11-20(19)30-2)18-12-32-23(25-18)27-22(31)26-21(28)16-7-3-6-15-14(16)5-4-8-17(15)24/h3-12H,1-2H3,(H2,25,26,27,28,31). The number of ether oxygens (including phenoxy) is 2. The fourth-order valence-electron chi connectivity index (χ4n) is 3.23. The van der Waals surface area contributed by atoms with E-state index in [9.17, 15) is 4.79 Å². The molecule has 0 radical (unpaired) electrons. The van der Waals surface area contributed by atoms with Crippen LogP contribution >= 0.6 is 39.5 Å². The molecule has 1 heterocycles. The molecule has 0 saturated carbocycles. The van der Waals surface area contributed by atoms with Gasteiger partial charge in [0.2, 0.25) is 0 Å². The summed E-state index contributed by atoms with van der Waals surface area (Å²) in [4.78, 5) is 17.4. The zero-order chi connectivity index (χ0) is 22.7. The van der Waals surface area contributed by atoms with Gasteiger partial charge in [-0.15, -0.1) is 11.3 Å². The van der Waals surface area contributed by atoms with Gasteiger partial charge in [-0.2, -0.15) is 0 Å². The molecule has 6 nitrogen and oxygen atoms in total. The van der Waals surface area contributed by atoms with Crippen LogP contribution in [0.15, 0.2) is 64.5 Å². The number of halogens is 1. The number of hydrogen-bond acceptors (Lipinski definition) is 6. The van der Waals surface area contributed by atoms with E-state index in [2.05, 4.69) is 31.5 Å². The average Bonchev–Trinajstić information content (AvgIpc) is 3.26. The summed E-state index contributed by atoms with van der Waals surface area (Å²) >= 11 is 10.2. The Morgan fingerprint density at radius 1 is 1.03 bits per heavy atom. The zero-order valence-corrected chi connectivity index (χ0v) is 20.4. The van der Waals surface area contributed by atoms with Gasteiger partial charge in [0.1, 0.15) is 0 Å². The van der Waals surface area contributed by atoms with Crippen LogP contribution in [0.5, 0.6) is 11.5 Å². The highest BCUT2D eigenvalue weighted by atomic mass is 79.9. The van der Waals surface area contributed by atoms with Crippen molar-refractivity contribution in [3.63, 3.8) is 0 Å². The number of fused-ring (bicyclic) bond motifs is 1. The number of hydrogen-bond donors (Lipinski definition) is 2. The van der Waals surface area contributed by atoms with E-state index in [0.29, 0.717) is 22.2 Å². The molecule has 0 saturated heterocycles. The Morgan fingerprint density at radius 2 is 1.78 bits per heavy atom. The molecular formula is C23H18BrN3O3S2. The number of anilines is 1. The minimum absolute atomic E-state index is 0.176. The number of methoxy groups -OCH3 is 2. The van der Waals surface area contributed by atoms with E-state index < -0.39 is 0 Å². The third-order valence-corrected chi connectivity index (χ3v) is 6.40. The minimum Gasteiger partial charge on any atom is -0.493 e. The van der Waals surface area contributed by atoms with Gasteiger partial charge < -0.3 is 14.8 Å². The topological polar surface area (TPSA) is 72.5 Å². The predicted octanol–water partition coefficient (Wildman–Crippen LogP) is 5.87. The maximum absolute atomic E-state index is 12.8. The summed E-state index contributed by atoms with van der Waals surface area (Å²) in [7, 11) is 3.18. The SMILES string of the molecule is COc1ccc(-c2csc(NC(=S)NC(=O)c3cccc4c(Br)cccc34)n2)cc1OC. The summed E-state index contributed by atoms with van der Waals surface area (Å²) < 4.78 is 11.6. The fraction of sp³-hybridized carbons (Fsp3) is 0.0870. The van der Waals surface area contributed by atoms with Crippen LogP contribution in [0.2, 0.25) is 0 Å². The highest BCUT2D eigenvalue weighted by molar-refractivity contribution is 9.10. The van der Waals surface area contributed by atoms with Gasteiger partial charge >= 0.3 is 0 Å². The molecule has 0 bridgehead atoms. The van der Waals surface area contributed by atoms with Gasteiger partial charge in [0, 0.05) is 21.0 Å². The number of thiazole rings is 1. The van der Waals surface area contributed by atoms with Crippen molar-refractivity contribution in [2.24, 2.45) is 0 Å². The number of carbonyl (C=O) groups excluding carboxylic acids is 1. The summed E-state index contributed by atoms with van der Waals surface area (Å²) in [6.45, 7) is 0. The molecule has 0 unspecified atom stereocenters. The van der Waals surface area contributed by atoms with Gasteiger partial charge in [-0.05, 0) is 53.3 Å². The van der Waals surface area contributed by atoms with E-state index in [-0.39, 0.29) is 11.0 Å². The van der Waals surface area contributed by atoms with E-state index in [1.54, 1.807) is 20.3 Å². The van der Waals surface area contributed by atoms with Crippen molar-refractivity contribution in [2.75, 3.05) is 19.5 Å². The second-order valence-corrected chi connectivity index (χ2v) is 8.78. The molecular weight excluding hydrogens is 510 g/mol. The van der Waals surface area contributed by atoms with E-state index in [0.717, 1.165) is 26.5 Å². The molecule has 2 N–H and O–H groups in total. The molecule has 0 atom stereocenters. The summed E-state index contributed by atoms with van der Waals surface area (Å²) in [6.07, 6.45) is 0. The molecule has 162 valence electrons. The number of amides is 1. The predicted molar refractivity (Wildman–Crippen MR) is 136 cm³/mol. The van der Waals surface area contributed by atoms with Crippen molar-refractivity contribution in [1.29, 1.82) is 0 Å². The molecule has 0 aliphatic rings. The number of benzene rings is 3. The lowest BCUT2D eigenvalue weighted by atomic mass is 10.0. The molecule has 0 aliphatic carbocycles. The maximum atomic E-state index is 12.8. The third-order valence-electron chi connectivity index (χ3n) is 4.74. The van der Waals surface area contributed by atoms with Gasteiger partial charge in [-0.25, -0.2) is 4.98 Å². The molecule has 0 spiro atoms. The Balaban J connectivity index is 1.47. The summed E-state index contributed by atoms with van der Waals surface area (Å²) in [6, 6.07) is 16.9. The average molecular weight is 528 g/mol. The summed E-state index contributed by atoms with van der Waals surface area (Å²) in [5.74, 6) is 0.981. The van der Waals surface area contributed by atoms with Crippen molar-refractivity contribution < 1.29 is 14.3 Å². The number of nitrogens with zero attached hydrogens (tertiary/aromatic N) is 1. The number of carbonyl (C=O) groups is 1. The molecule has 32 heavy (non-hydrogen) atoms. The van der Waals surface area contributed by atoms with Gasteiger partial charge in [0.05, 0.1) is 19.9 Å². The first-order valence-corrected chi connectivity index (χ1v) is 11.6. The first-order valence-electron chi connectivity index (χ1n) is 9.47. The van der Waals surface area contributed by atoms with Gasteiger partial charge in [0.25, 0.3) is 5.91 Å². The lowest BCUT2D eigenvalue weighted by molar-refractivity contribution is 0.0979. The highest BCUT2D eigenvalue weighted by Gasteiger charge is 2.14. The number of thiocarbonyl (C=S) groups is 1.